The average Bonchev–Trinajstić information content (AvgIpc) is 1.86. The molecule has 0 saturated carbocycles. The normalized spacial score (nSPS) is 7.43. The van der Waals surface area contributed by atoms with Crippen LogP contribution in [0.3, 0.4) is 0 Å². The Labute approximate surface area is 84.4 Å². The first-order valence-corrected chi connectivity index (χ1v) is 1.61. The molecule has 0 saturated heterocycles. The molecule has 3 nitrogen and oxygen atoms in total. The van der Waals surface area contributed by atoms with Gasteiger partial charge in [-0.05, 0) is 0 Å². The smallest absolute Gasteiger partial charge is 1.00 e. The molecule has 34 valence electrons. The van der Waals surface area contributed by atoms with E-state index in [4.69, 9.17) is 0 Å². The minimum absolute atomic E-state index is 0. The van der Waals surface area contributed by atoms with E-state index in [-0.39, 0.29) is 58.4 Å². The van der Waals surface area contributed by atoms with Crippen LogP contribution in [0, 0.1) is 0 Å². The molecule has 1 rings (SSSR count). The molecule has 1 aromatic heterocycles. The molecule has 1 aromatic rings. The van der Waals surface area contributed by atoms with Gasteiger partial charge in [0, 0.05) is 12.3 Å². The van der Waals surface area contributed by atoms with Crippen LogP contribution in [0.5, 0.6) is 0 Å². The van der Waals surface area contributed by atoms with Crippen molar-refractivity contribution >= 4 is 0 Å². The summed E-state index contributed by atoms with van der Waals surface area (Å²) in [7, 11) is 0. The van der Waals surface area contributed by atoms with Gasteiger partial charge < -0.3 is 6.53 Å². The summed E-state index contributed by atoms with van der Waals surface area (Å²) in [5, 5.41) is 4.81. The van der Waals surface area contributed by atoms with E-state index in [0.29, 0.717) is 0 Å². The Kier molecular flexibility index (Phi) is 3.96. The fourth-order valence-corrected chi connectivity index (χ4v) is 0.272. The van der Waals surface area contributed by atoms with Crippen LogP contribution in [-0.4, -0.2) is 10.2 Å². The fraction of sp³-hybridized carbons (Fsp3) is 0. The second-order valence-corrected chi connectivity index (χ2v) is 0.967. The molecule has 1 heterocycles. The van der Waals surface area contributed by atoms with Gasteiger partial charge in [0.05, 0.1) is 0 Å². The summed E-state index contributed by atoms with van der Waals surface area (Å²) in [6.45, 7) is 0. The van der Waals surface area contributed by atoms with Crippen molar-refractivity contribution < 1.29 is 52.8 Å². The summed E-state index contributed by atoms with van der Waals surface area (Å²) >= 11 is 0. The molecule has 0 aromatic carbocycles. The van der Waals surface area contributed by atoms with Crippen molar-refractivity contribution in [3.8, 4) is 0 Å². The van der Waals surface area contributed by atoms with Gasteiger partial charge in [-0.15, -0.1) is 0 Å². The SMILES string of the molecule is O=c1cc[nH][nH]1.[H-].[K+]. The third-order valence-electron chi connectivity index (χ3n) is 0.513. The zero-order valence-electron chi connectivity index (χ0n) is 5.06. The van der Waals surface area contributed by atoms with Gasteiger partial charge in [0.15, 0.2) is 0 Å². The standard InChI is InChI=1S/C3H4N2O.K.H/c6-3-1-2-4-5-3;;/h1-2H,(H2,4,5,6);;/q;+1;-1. The van der Waals surface area contributed by atoms with Gasteiger partial charge >= 0.3 is 51.4 Å². The van der Waals surface area contributed by atoms with Gasteiger partial charge in [0.2, 0.25) is 0 Å². The van der Waals surface area contributed by atoms with E-state index in [1.165, 1.54) is 6.07 Å². The van der Waals surface area contributed by atoms with Gasteiger partial charge in [-0.1, -0.05) is 0 Å². The van der Waals surface area contributed by atoms with Gasteiger partial charge in [0.25, 0.3) is 5.56 Å². The molecule has 0 aliphatic heterocycles. The Morgan fingerprint density at radius 2 is 2.43 bits per heavy atom. The maximum Gasteiger partial charge on any atom is 1.00 e. The van der Waals surface area contributed by atoms with E-state index in [1.54, 1.807) is 6.20 Å². The first-order chi connectivity index (χ1) is 2.89. The van der Waals surface area contributed by atoms with Crippen LogP contribution >= 0.6 is 0 Å². The Bertz CT molecular complexity index is 155. The number of nitrogens with one attached hydrogen (secondary N) is 2. The number of rotatable bonds is 0. The average molecular weight is 124 g/mol. The number of aromatic nitrogens is 2. The summed E-state index contributed by atoms with van der Waals surface area (Å²) in [4.78, 5) is 9.98. The van der Waals surface area contributed by atoms with Crippen molar-refractivity contribution in [3.05, 3.63) is 22.6 Å². The molecule has 0 spiro atoms. The molecule has 4 heteroatoms. The van der Waals surface area contributed by atoms with Crippen LogP contribution in [0.25, 0.3) is 0 Å². The number of aromatic amines is 2. The first-order valence-electron chi connectivity index (χ1n) is 1.61. The van der Waals surface area contributed by atoms with E-state index in [9.17, 15) is 4.79 Å². The molecule has 0 fully saturated rings. The van der Waals surface area contributed by atoms with Crippen molar-refractivity contribution in [2.75, 3.05) is 0 Å². The summed E-state index contributed by atoms with van der Waals surface area (Å²) < 4.78 is 0. The molecular formula is C3H5KN2O. The molecule has 0 bridgehead atoms. The summed E-state index contributed by atoms with van der Waals surface area (Å²) in [6, 6.07) is 1.42. The minimum Gasteiger partial charge on any atom is -1.00 e. The van der Waals surface area contributed by atoms with Crippen molar-refractivity contribution in [3.63, 3.8) is 0 Å². The van der Waals surface area contributed by atoms with Crippen LogP contribution in [0.15, 0.2) is 17.1 Å². The van der Waals surface area contributed by atoms with Gasteiger partial charge in [-0.25, -0.2) is 0 Å². The molecule has 7 heavy (non-hydrogen) atoms. The topological polar surface area (TPSA) is 48.6 Å². The molecule has 0 radical (unpaired) electrons. The summed E-state index contributed by atoms with van der Waals surface area (Å²) in [5.41, 5.74) is -0.0880. The van der Waals surface area contributed by atoms with E-state index < -0.39 is 0 Å². The van der Waals surface area contributed by atoms with E-state index in [1.807, 2.05) is 0 Å². The van der Waals surface area contributed by atoms with Crippen LogP contribution in [0.4, 0.5) is 0 Å². The predicted molar refractivity (Wildman–Crippen MR) is 22.5 cm³/mol. The van der Waals surface area contributed by atoms with Crippen molar-refractivity contribution in [2.45, 2.75) is 0 Å². The zero-order valence-corrected chi connectivity index (χ0v) is 7.19. The first kappa shape index (κ1) is 7.65. The molecule has 0 amide bonds. The molecule has 0 atom stereocenters. The quantitative estimate of drug-likeness (QED) is 0.352. The van der Waals surface area contributed by atoms with Gasteiger partial charge in [0.1, 0.15) is 0 Å². The van der Waals surface area contributed by atoms with Gasteiger partial charge in [-0.2, -0.15) is 0 Å². The van der Waals surface area contributed by atoms with Crippen molar-refractivity contribution in [2.24, 2.45) is 0 Å². The number of hydrogen-bond acceptors (Lipinski definition) is 1. The Morgan fingerprint density at radius 1 is 1.71 bits per heavy atom. The fourth-order valence-electron chi connectivity index (χ4n) is 0.272. The van der Waals surface area contributed by atoms with E-state index in [2.05, 4.69) is 10.2 Å². The minimum atomic E-state index is -0.0880. The number of H-pyrrole nitrogens is 2. The monoisotopic (exact) mass is 124 g/mol. The molecule has 0 aliphatic rings. The van der Waals surface area contributed by atoms with Crippen LogP contribution in [0.1, 0.15) is 1.43 Å². The Morgan fingerprint density at radius 3 is 2.57 bits per heavy atom. The molecule has 0 unspecified atom stereocenters. The number of hydrogen-bond donors (Lipinski definition) is 2. The van der Waals surface area contributed by atoms with E-state index in [0.717, 1.165) is 0 Å². The summed E-state index contributed by atoms with van der Waals surface area (Å²) in [5.74, 6) is 0. The predicted octanol–water partition coefficient (Wildman–Crippen LogP) is -3.18. The molecular weight excluding hydrogens is 119 g/mol. The van der Waals surface area contributed by atoms with Crippen LogP contribution in [-0.2, 0) is 0 Å². The third kappa shape index (κ3) is 2.45. The van der Waals surface area contributed by atoms with Gasteiger partial charge in [-0.3, -0.25) is 9.89 Å². The van der Waals surface area contributed by atoms with Crippen molar-refractivity contribution in [1.29, 1.82) is 0 Å². The largest absolute Gasteiger partial charge is 1.00 e. The van der Waals surface area contributed by atoms with Crippen LogP contribution < -0.4 is 56.9 Å². The van der Waals surface area contributed by atoms with Crippen LogP contribution in [0.2, 0.25) is 0 Å². The molecule has 2 N–H and O–H groups in total. The van der Waals surface area contributed by atoms with Crippen molar-refractivity contribution in [1.82, 2.24) is 10.2 Å². The zero-order chi connectivity index (χ0) is 4.41. The summed E-state index contributed by atoms with van der Waals surface area (Å²) in [6.07, 6.45) is 1.54. The maximum atomic E-state index is 9.98. The Hall–Kier alpha value is 0.646. The second kappa shape index (κ2) is 3.62. The van der Waals surface area contributed by atoms with E-state index >= 15 is 0 Å². The maximum absolute atomic E-state index is 9.98. The third-order valence-corrected chi connectivity index (χ3v) is 0.513. The molecule has 0 aliphatic carbocycles. The Balaban J connectivity index is 0. The second-order valence-electron chi connectivity index (χ2n) is 0.967.